The standard InChI is InChI=1S/C22H17ClN4.C7H8O3S/c1-15-26(17-8-4-2-5-9-17)21-22(27(15)18-10-6-3-7-11-18)25-20-14-16(23)12-13-19(20)24-21;1-6-2-4-7(5-3-6)11(8,9)10/h2-15H,1H3;2-5H,1H3,(H,8,9,10)/p+1. The zero-order valence-electron chi connectivity index (χ0n) is 20.8. The summed E-state index contributed by atoms with van der Waals surface area (Å²) in [6.45, 7) is 4.05. The van der Waals surface area contributed by atoms with E-state index in [0.29, 0.717) is 5.02 Å². The van der Waals surface area contributed by atoms with Crippen LogP contribution in [0.4, 0.5) is 23.0 Å². The summed E-state index contributed by atoms with van der Waals surface area (Å²) in [5.74, 6) is 1.81. The first-order valence-electron chi connectivity index (χ1n) is 12.0. The van der Waals surface area contributed by atoms with Gasteiger partial charge < -0.3 is 0 Å². The van der Waals surface area contributed by atoms with E-state index in [-0.39, 0.29) is 11.1 Å². The predicted octanol–water partition coefficient (Wildman–Crippen LogP) is 5.87. The number of anilines is 2. The average Bonchev–Trinajstić information content (AvgIpc) is 3.19. The second-order valence-corrected chi connectivity index (χ2v) is 10.8. The van der Waals surface area contributed by atoms with Crippen LogP contribution in [-0.4, -0.2) is 29.1 Å². The van der Waals surface area contributed by atoms with E-state index in [1.807, 2.05) is 49.4 Å². The number of nitrogens with zero attached hydrogens (tertiary/aromatic N) is 3. The molecule has 0 radical (unpaired) electrons. The van der Waals surface area contributed by atoms with Gasteiger partial charge >= 0.3 is 0 Å². The topological polar surface area (TPSA) is 87.8 Å². The molecule has 7 nitrogen and oxygen atoms in total. The van der Waals surface area contributed by atoms with Crippen molar-refractivity contribution >= 4 is 55.8 Å². The van der Waals surface area contributed by atoms with Gasteiger partial charge in [-0.2, -0.15) is 13.4 Å². The number of quaternary nitrogens is 1. The van der Waals surface area contributed by atoms with Crippen LogP contribution in [0.2, 0.25) is 5.02 Å². The van der Waals surface area contributed by atoms with Crippen molar-refractivity contribution in [2.45, 2.75) is 24.9 Å². The van der Waals surface area contributed by atoms with E-state index in [2.05, 4.69) is 48.2 Å². The first-order valence-corrected chi connectivity index (χ1v) is 13.8. The van der Waals surface area contributed by atoms with Crippen LogP contribution in [-0.2, 0) is 10.1 Å². The molecular weight excluding hydrogens is 520 g/mol. The quantitative estimate of drug-likeness (QED) is 0.276. The molecule has 0 saturated heterocycles. The molecule has 0 aliphatic carbocycles. The number of fused-ring (bicyclic) bond motifs is 2. The Balaban J connectivity index is 0.000000226. The molecule has 0 saturated carbocycles. The van der Waals surface area contributed by atoms with Crippen LogP contribution in [0.1, 0.15) is 12.5 Å². The number of benzene rings is 4. The first-order chi connectivity index (χ1) is 18.2. The van der Waals surface area contributed by atoms with Gasteiger partial charge in [-0.1, -0.05) is 65.7 Å². The van der Waals surface area contributed by atoms with Crippen molar-refractivity contribution in [3.63, 3.8) is 0 Å². The summed E-state index contributed by atoms with van der Waals surface area (Å²) in [4.78, 5) is 13.3. The zero-order chi connectivity index (χ0) is 26.9. The van der Waals surface area contributed by atoms with E-state index in [4.69, 9.17) is 26.1 Å². The fourth-order valence-electron chi connectivity index (χ4n) is 4.52. The van der Waals surface area contributed by atoms with E-state index in [0.717, 1.165) is 33.9 Å². The highest BCUT2D eigenvalue weighted by atomic mass is 35.5. The van der Waals surface area contributed by atoms with Crippen LogP contribution in [0.5, 0.6) is 0 Å². The Bertz CT molecular complexity index is 1680. The largest absolute Gasteiger partial charge is 0.294 e. The molecular formula is C29H26ClN4O3S+. The van der Waals surface area contributed by atoms with Crippen LogP contribution in [0.25, 0.3) is 11.0 Å². The van der Waals surface area contributed by atoms with Gasteiger partial charge in [0.25, 0.3) is 15.9 Å². The highest BCUT2D eigenvalue weighted by Crippen LogP contribution is 2.36. The van der Waals surface area contributed by atoms with Crippen molar-refractivity contribution in [3.05, 3.63) is 114 Å². The van der Waals surface area contributed by atoms with Gasteiger partial charge in [0.1, 0.15) is 5.69 Å². The third-order valence-corrected chi connectivity index (χ3v) is 7.44. The Hall–Kier alpha value is -3.82. The van der Waals surface area contributed by atoms with Crippen molar-refractivity contribution in [2.24, 2.45) is 0 Å². The minimum Gasteiger partial charge on any atom is -0.282 e. The number of aromatic nitrogens is 2. The summed E-state index contributed by atoms with van der Waals surface area (Å²) in [6, 6.07) is 32.4. The average molecular weight is 546 g/mol. The van der Waals surface area contributed by atoms with Crippen molar-refractivity contribution in [1.29, 1.82) is 0 Å². The summed E-state index contributed by atoms with van der Waals surface area (Å²) in [5.41, 5.74) is 4.90. The van der Waals surface area contributed by atoms with E-state index >= 15 is 0 Å². The highest BCUT2D eigenvalue weighted by Gasteiger charge is 2.43. The van der Waals surface area contributed by atoms with Gasteiger partial charge in [0, 0.05) is 17.6 Å². The molecule has 0 bridgehead atoms. The molecule has 2 atom stereocenters. The smallest absolute Gasteiger partial charge is 0.282 e. The summed E-state index contributed by atoms with van der Waals surface area (Å²) in [5, 5.41) is 0.668. The Labute approximate surface area is 226 Å². The SMILES string of the molecule is CC1N(c2ccccc2)c2nc3cc(Cl)ccc3nc2[NH+]1c1ccccc1.Cc1ccc(S(=O)(=O)O)cc1. The van der Waals surface area contributed by atoms with Gasteiger partial charge in [-0.05, 0) is 61.5 Å². The van der Waals surface area contributed by atoms with E-state index in [1.54, 1.807) is 12.1 Å². The third-order valence-electron chi connectivity index (χ3n) is 6.33. The van der Waals surface area contributed by atoms with Crippen LogP contribution >= 0.6 is 11.6 Å². The number of halogens is 1. The molecule has 9 heteroatoms. The van der Waals surface area contributed by atoms with Crippen molar-refractivity contribution < 1.29 is 17.9 Å². The summed E-state index contributed by atoms with van der Waals surface area (Å²) in [7, 11) is -4.02. The fourth-order valence-corrected chi connectivity index (χ4v) is 5.16. The maximum Gasteiger partial charge on any atom is 0.294 e. The fraction of sp³-hybridized carbons (Fsp3) is 0.103. The second-order valence-electron chi connectivity index (χ2n) is 8.98. The first kappa shape index (κ1) is 25.8. The van der Waals surface area contributed by atoms with Crippen LogP contribution < -0.4 is 9.80 Å². The molecule has 0 amide bonds. The maximum absolute atomic E-state index is 10.5. The maximum atomic E-state index is 10.5. The number of nitrogens with one attached hydrogen (secondary N) is 1. The molecule has 0 spiro atoms. The minimum absolute atomic E-state index is 0.0666. The number of hydrogen-bond acceptors (Lipinski definition) is 5. The predicted molar refractivity (Wildman–Crippen MR) is 150 cm³/mol. The second kappa shape index (κ2) is 10.5. The molecule has 4 aromatic carbocycles. The number of aryl methyl sites for hydroxylation is 1. The number of rotatable bonds is 3. The van der Waals surface area contributed by atoms with Crippen LogP contribution in [0, 0.1) is 6.92 Å². The minimum atomic E-state index is -4.02. The Morgan fingerprint density at radius 3 is 2.11 bits per heavy atom. The van der Waals surface area contributed by atoms with Gasteiger partial charge in [0.05, 0.1) is 15.9 Å². The van der Waals surface area contributed by atoms with Gasteiger partial charge in [-0.3, -0.25) is 9.45 Å². The van der Waals surface area contributed by atoms with Gasteiger partial charge in [0.15, 0.2) is 6.17 Å². The molecule has 1 aliphatic rings. The van der Waals surface area contributed by atoms with Crippen molar-refractivity contribution in [3.8, 4) is 0 Å². The van der Waals surface area contributed by atoms with E-state index in [1.165, 1.54) is 22.7 Å². The lowest BCUT2D eigenvalue weighted by Crippen LogP contribution is -3.06. The van der Waals surface area contributed by atoms with Gasteiger partial charge in [-0.25, -0.2) is 9.88 Å². The molecule has 2 N–H and O–H groups in total. The molecule has 5 aromatic rings. The summed E-state index contributed by atoms with van der Waals surface area (Å²) in [6.07, 6.45) is 0.122. The lowest BCUT2D eigenvalue weighted by Gasteiger charge is -2.24. The molecule has 2 unspecified atom stereocenters. The molecule has 6 rings (SSSR count). The van der Waals surface area contributed by atoms with Gasteiger partial charge in [0.2, 0.25) is 5.82 Å². The normalized spacial score (nSPS) is 16.6. The lowest BCUT2D eigenvalue weighted by atomic mass is 10.2. The molecule has 192 valence electrons. The summed E-state index contributed by atoms with van der Waals surface area (Å²) < 4.78 is 29.6. The van der Waals surface area contributed by atoms with Crippen LogP contribution in [0.15, 0.2) is 108 Å². The van der Waals surface area contributed by atoms with E-state index < -0.39 is 10.1 Å². The zero-order valence-corrected chi connectivity index (χ0v) is 22.4. The number of para-hydroxylation sites is 2. The molecule has 1 aliphatic heterocycles. The van der Waals surface area contributed by atoms with Crippen molar-refractivity contribution in [2.75, 3.05) is 4.90 Å². The number of hydrogen-bond donors (Lipinski definition) is 2. The Kier molecular flexibility index (Phi) is 7.14. The molecule has 2 heterocycles. The van der Waals surface area contributed by atoms with Crippen molar-refractivity contribution in [1.82, 2.24) is 9.97 Å². The molecule has 38 heavy (non-hydrogen) atoms. The Morgan fingerprint density at radius 2 is 1.47 bits per heavy atom. The third kappa shape index (κ3) is 5.25. The van der Waals surface area contributed by atoms with E-state index in [9.17, 15) is 8.42 Å². The highest BCUT2D eigenvalue weighted by molar-refractivity contribution is 7.85. The Morgan fingerprint density at radius 1 is 0.842 bits per heavy atom. The van der Waals surface area contributed by atoms with Crippen LogP contribution in [0.3, 0.4) is 0 Å². The van der Waals surface area contributed by atoms with Gasteiger partial charge in [-0.15, -0.1) is 0 Å². The molecule has 0 fully saturated rings. The summed E-state index contributed by atoms with van der Waals surface area (Å²) >= 11 is 6.19. The lowest BCUT2D eigenvalue weighted by molar-refractivity contribution is -0.782. The monoisotopic (exact) mass is 545 g/mol. The molecule has 1 aromatic heterocycles.